The van der Waals surface area contributed by atoms with Crippen molar-refractivity contribution in [1.29, 1.82) is 0 Å². The minimum atomic E-state index is -0.664. The molecule has 0 radical (unpaired) electrons. The first kappa shape index (κ1) is 22.5. The van der Waals surface area contributed by atoms with Gasteiger partial charge in [0.05, 0.1) is 42.1 Å². The van der Waals surface area contributed by atoms with Crippen molar-refractivity contribution in [1.82, 2.24) is 0 Å². The number of nitro groups is 1. The summed E-state index contributed by atoms with van der Waals surface area (Å²) >= 11 is 0. The number of hydrogen-bond donors (Lipinski definition) is 2. The molecule has 2 atom stereocenters. The van der Waals surface area contributed by atoms with E-state index in [4.69, 9.17) is 9.47 Å². The van der Waals surface area contributed by atoms with Gasteiger partial charge >= 0.3 is 0 Å². The van der Waals surface area contributed by atoms with E-state index < -0.39 is 11.0 Å². The minimum absolute atomic E-state index is 0.0272. The van der Waals surface area contributed by atoms with Crippen molar-refractivity contribution in [2.24, 2.45) is 0 Å². The van der Waals surface area contributed by atoms with E-state index in [1.165, 1.54) is 6.07 Å². The Morgan fingerprint density at radius 1 is 0.914 bits per heavy atom. The summed E-state index contributed by atoms with van der Waals surface area (Å²) < 4.78 is 11.0. The molecule has 178 valence electrons. The number of hydrogen-bond acceptors (Lipinski definition) is 7. The third kappa shape index (κ3) is 4.07. The number of nitro benzene ring substituents is 1. The molecule has 1 heterocycles. The Balaban J connectivity index is 1.65. The highest BCUT2D eigenvalue weighted by molar-refractivity contribution is 6.01. The van der Waals surface area contributed by atoms with Gasteiger partial charge in [-0.25, -0.2) is 0 Å². The van der Waals surface area contributed by atoms with Gasteiger partial charge in [-0.2, -0.15) is 0 Å². The van der Waals surface area contributed by atoms with Gasteiger partial charge in [-0.15, -0.1) is 0 Å². The molecular formula is C27H25N3O5. The summed E-state index contributed by atoms with van der Waals surface area (Å²) in [4.78, 5) is 25.2. The average Bonchev–Trinajstić information content (AvgIpc) is 3.05. The molecule has 3 aromatic rings. The Kier molecular flexibility index (Phi) is 5.86. The average molecular weight is 472 g/mol. The Morgan fingerprint density at radius 2 is 1.66 bits per heavy atom. The molecule has 0 bridgehead atoms. The van der Waals surface area contributed by atoms with Crippen molar-refractivity contribution < 1.29 is 19.2 Å². The number of fused-ring (bicyclic) bond motifs is 1. The Bertz CT molecular complexity index is 1350. The van der Waals surface area contributed by atoms with E-state index >= 15 is 0 Å². The van der Waals surface area contributed by atoms with E-state index in [9.17, 15) is 14.9 Å². The number of carbonyl (C=O) groups excluding carboxylic acids is 1. The topological polar surface area (TPSA) is 103 Å². The van der Waals surface area contributed by atoms with Crippen LogP contribution in [0.5, 0.6) is 11.5 Å². The van der Waals surface area contributed by atoms with Crippen LogP contribution in [0.3, 0.4) is 0 Å². The molecule has 1 aliphatic heterocycles. The second-order valence-electron chi connectivity index (χ2n) is 8.59. The summed E-state index contributed by atoms with van der Waals surface area (Å²) in [6.07, 6.45) is 0.789. The third-order valence-electron chi connectivity index (χ3n) is 6.63. The number of nitrogens with one attached hydrogen (secondary N) is 2. The fraction of sp³-hybridized carbons (Fsp3) is 0.222. The number of Topliss-reactive ketones (excluding diaryl/α,β-unsaturated/α-hetero) is 1. The molecule has 5 rings (SSSR count). The van der Waals surface area contributed by atoms with Crippen LogP contribution in [0, 0.1) is 10.1 Å². The van der Waals surface area contributed by atoms with Gasteiger partial charge in [-0.05, 0) is 42.8 Å². The molecule has 8 heteroatoms. The number of ether oxygens (including phenoxy) is 2. The molecule has 8 nitrogen and oxygen atoms in total. The van der Waals surface area contributed by atoms with E-state index in [0.717, 1.165) is 22.6 Å². The maximum Gasteiger partial charge on any atom is 0.275 e. The zero-order valence-electron chi connectivity index (χ0n) is 19.4. The third-order valence-corrected chi connectivity index (χ3v) is 6.63. The standard InChI is InChI=1S/C27H25N3O5/c1-34-17-11-12-25(35-2)19(15-17)16-13-22-26(24(31)14-16)27(18-7-3-6-10-23(18)30(32)33)29-21-9-5-4-8-20(21)28-22/h3-12,15-16,27-29H,13-14H2,1-2H3. The zero-order chi connectivity index (χ0) is 24.5. The van der Waals surface area contributed by atoms with Crippen LogP contribution >= 0.6 is 0 Å². The number of ketones is 1. The summed E-state index contributed by atoms with van der Waals surface area (Å²) in [5.74, 6) is 1.16. The zero-order valence-corrected chi connectivity index (χ0v) is 19.4. The highest BCUT2D eigenvalue weighted by atomic mass is 16.6. The molecule has 35 heavy (non-hydrogen) atoms. The lowest BCUT2D eigenvalue weighted by Gasteiger charge is -2.30. The smallest absolute Gasteiger partial charge is 0.275 e. The Labute approximate surface area is 202 Å². The first-order valence-corrected chi connectivity index (χ1v) is 11.3. The normalized spacial score (nSPS) is 19.0. The second-order valence-corrected chi connectivity index (χ2v) is 8.59. The SMILES string of the molecule is COc1ccc(OC)c(C2CC(=O)C3=C(C2)Nc2ccccc2NC3c2ccccc2[N+](=O)[O-])c1. The Hall–Kier alpha value is -4.33. The number of carbonyl (C=O) groups is 1. The van der Waals surface area contributed by atoms with Crippen LogP contribution < -0.4 is 20.1 Å². The maximum absolute atomic E-state index is 13.8. The fourth-order valence-corrected chi connectivity index (χ4v) is 5.00. The summed E-state index contributed by atoms with van der Waals surface area (Å²) in [5, 5.41) is 18.7. The Morgan fingerprint density at radius 3 is 2.40 bits per heavy atom. The van der Waals surface area contributed by atoms with E-state index in [-0.39, 0.29) is 23.8 Å². The molecule has 0 spiro atoms. The lowest BCUT2D eigenvalue weighted by atomic mass is 9.78. The summed E-state index contributed by atoms with van der Waals surface area (Å²) in [7, 11) is 3.21. The largest absolute Gasteiger partial charge is 0.497 e. The highest BCUT2D eigenvalue weighted by Crippen LogP contribution is 2.47. The number of allylic oxidation sites excluding steroid dienone is 1. The first-order valence-electron chi connectivity index (χ1n) is 11.3. The van der Waals surface area contributed by atoms with Crippen molar-refractivity contribution in [2.75, 3.05) is 24.9 Å². The van der Waals surface area contributed by atoms with Crippen molar-refractivity contribution in [3.05, 3.63) is 99.2 Å². The lowest BCUT2D eigenvalue weighted by molar-refractivity contribution is -0.385. The molecule has 3 aromatic carbocycles. The molecule has 0 saturated carbocycles. The number of rotatable bonds is 5. The van der Waals surface area contributed by atoms with Crippen LogP contribution in [0.2, 0.25) is 0 Å². The summed E-state index contributed by atoms with van der Waals surface area (Å²) in [6.45, 7) is 0. The second kappa shape index (κ2) is 9.13. The minimum Gasteiger partial charge on any atom is -0.497 e. The van der Waals surface area contributed by atoms with Crippen molar-refractivity contribution in [3.8, 4) is 11.5 Å². The van der Waals surface area contributed by atoms with E-state index in [2.05, 4.69) is 10.6 Å². The van der Waals surface area contributed by atoms with Crippen molar-refractivity contribution >= 4 is 22.8 Å². The first-order chi connectivity index (χ1) is 17.0. The number of methoxy groups -OCH3 is 2. The molecule has 0 saturated heterocycles. The van der Waals surface area contributed by atoms with Crippen LogP contribution in [-0.4, -0.2) is 24.9 Å². The molecule has 0 fully saturated rings. The van der Waals surface area contributed by atoms with Gasteiger partial charge in [0.2, 0.25) is 0 Å². The van der Waals surface area contributed by atoms with Gasteiger partial charge in [0.1, 0.15) is 11.5 Å². The number of para-hydroxylation sites is 3. The van der Waals surface area contributed by atoms with Crippen molar-refractivity contribution in [3.63, 3.8) is 0 Å². The molecular weight excluding hydrogens is 446 g/mol. The summed E-state index contributed by atoms with van der Waals surface area (Å²) in [6, 6.07) is 19.1. The van der Waals surface area contributed by atoms with E-state index in [1.807, 2.05) is 42.5 Å². The molecule has 2 unspecified atom stereocenters. The van der Waals surface area contributed by atoms with Gasteiger partial charge in [0.15, 0.2) is 5.78 Å². The summed E-state index contributed by atoms with van der Waals surface area (Å²) in [5.41, 5.74) is 4.17. The maximum atomic E-state index is 13.8. The van der Waals surface area contributed by atoms with Gasteiger partial charge in [-0.1, -0.05) is 24.3 Å². The van der Waals surface area contributed by atoms with E-state index in [0.29, 0.717) is 29.1 Å². The van der Waals surface area contributed by atoms with Gasteiger partial charge in [-0.3, -0.25) is 14.9 Å². The van der Waals surface area contributed by atoms with Crippen LogP contribution in [0.25, 0.3) is 0 Å². The number of anilines is 2. The van der Waals surface area contributed by atoms with E-state index in [1.54, 1.807) is 32.4 Å². The lowest BCUT2D eigenvalue weighted by Crippen LogP contribution is -2.27. The van der Waals surface area contributed by atoms with Crippen LogP contribution in [-0.2, 0) is 4.79 Å². The fourth-order valence-electron chi connectivity index (χ4n) is 5.00. The molecule has 1 aliphatic carbocycles. The van der Waals surface area contributed by atoms with Gasteiger partial charge in [0, 0.05) is 35.2 Å². The molecule has 0 amide bonds. The predicted octanol–water partition coefficient (Wildman–Crippen LogP) is 5.59. The van der Waals surface area contributed by atoms with Gasteiger partial charge in [0.25, 0.3) is 5.69 Å². The van der Waals surface area contributed by atoms with Crippen LogP contribution in [0.4, 0.5) is 17.1 Å². The van der Waals surface area contributed by atoms with Crippen LogP contribution in [0.15, 0.2) is 78.0 Å². The predicted molar refractivity (Wildman–Crippen MR) is 133 cm³/mol. The molecule has 2 aliphatic rings. The monoisotopic (exact) mass is 471 g/mol. The quantitative estimate of drug-likeness (QED) is 0.369. The number of nitrogens with zero attached hydrogens (tertiary/aromatic N) is 1. The van der Waals surface area contributed by atoms with Gasteiger partial charge < -0.3 is 20.1 Å². The van der Waals surface area contributed by atoms with Crippen molar-refractivity contribution in [2.45, 2.75) is 24.8 Å². The van der Waals surface area contributed by atoms with Crippen LogP contribution in [0.1, 0.15) is 35.9 Å². The molecule has 0 aromatic heterocycles. The number of benzene rings is 3. The highest BCUT2D eigenvalue weighted by Gasteiger charge is 2.38. The molecule has 2 N–H and O–H groups in total.